The first-order valence-corrected chi connectivity index (χ1v) is 12.7. The molecule has 184 valence electrons. The van der Waals surface area contributed by atoms with E-state index >= 15 is 0 Å². The van der Waals surface area contributed by atoms with E-state index in [1.165, 1.54) is 14.0 Å². The van der Waals surface area contributed by atoms with E-state index in [0.717, 1.165) is 11.1 Å². The lowest BCUT2D eigenvalue weighted by molar-refractivity contribution is -0.124. The summed E-state index contributed by atoms with van der Waals surface area (Å²) in [5, 5.41) is 0.654. The minimum Gasteiger partial charge on any atom is -0.493 e. The van der Waals surface area contributed by atoms with Gasteiger partial charge in [-0.2, -0.15) is 0 Å². The molecule has 0 fully saturated rings. The Morgan fingerprint density at radius 2 is 1.82 bits per heavy atom. The number of amides is 1. The number of hydrazine groups is 1. The van der Waals surface area contributed by atoms with Crippen molar-refractivity contribution in [3.8, 4) is 23.3 Å². The van der Waals surface area contributed by atoms with E-state index in [-0.39, 0.29) is 18.3 Å². The molecule has 0 unspecified atom stereocenters. The van der Waals surface area contributed by atoms with Gasteiger partial charge < -0.3 is 9.47 Å². The summed E-state index contributed by atoms with van der Waals surface area (Å²) in [4.78, 5) is 12.4. The van der Waals surface area contributed by atoms with Crippen LogP contribution in [0, 0.1) is 17.8 Å². The van der Waals surface area contributed by atoms with Gasteiger partial charge in [0.05, 0.1) is 12.9 Å². The minimum absolute atomic E-state index is 0.0994. The number of hydrogen-bond donors (Lipinski definition) is 3. The number of carbonyl (C=O) groups excluding carboxylic acids is 1. The highest BCUT2D eigenvalue weighted by molar-refractivity contribution is 7.89. The van der Waals surface area contributed by atoms with Gasteiger partial charge in [-0.25, -0.2) is 18.6 Å². The van der Waals surface area contributed by atoms with Gasteiger partial charge in [0.2, 0.25) is 10.0 Å². The average Bonchev–Trinajstić information content (AvgIpc) is 2.81. The van der Waals surface area contributed by atoms with E-state index in [9.17, 15) is 13.2 Å². The van der Waals surface area contributed by atoms with Crippen molar-refractivity contribution in [3.63, 3.8) is 0 Å². The van der Waals surface area contributed by atoms with Crippen LogP contribution in [0.25, 0.3) is 0 Å². The van der Waals surface area contributed by atoms with E-state index in [1.54, 1.807) is 38.1 Å². The lowest BCUT2D eigenvalue weighted by atomic mass is 10.1. The fourth-order valence-corrected chi connectivity index (χ4v) is 3.87. The first-order chi connectivity index (χ1) is 16.1. The van der Waals surface area contributed by atoms with Crippen LogP contribution < -0.4 is 25.0 Å². The quantitative estimate of drug-likeness (QED) is 0.319. The van der Waals surface area contributed by atoms with Gasteiger partial charge >= 0.3 is 0 Å². The predicted molar refractivity (Wildman–Crippen MR) is 133 cm³/mol. The van der Waals surface area contributed by atoms with Crippen molar-refractivity contribution in [2.75, 3.05) is 19.5 Å². The van der Waals surface area contributed by atoms with Crippen LogP contribution in [0.15, 0.2) is 42.5 Å². The molecule has 0 saturated carbocycles. The van der Waals surface area contributed by atoms with E-state index in [4.69, 9.17) is 21.1 Å². The highest BCUT2D eigenvalue weighted by Crippen LogP contribution is 2.28. The fourth-order valence-electron chi connectivity index (χ4n) is 2.81. The minimum atomic E-state index is -3.51. The number of sulfonamides is 1. The summed E-state index contributed by atoms with van der Waals surface area (Å²) in [6.45, 7) is 5.53. The molecule has 10 heteroatoms. The van der Waals surface area contributed by atoms with Crippen molar-refractivity contribution >= 4 is 27.5 Å². The lowest BCUT2D eigenvalue weighted by Gasteiger charge is -2.21. The Morgan fingerprint density at radius 3 is 2.44 bits per heavy atom. The third kappa shape index (κ3) is 8.88. The summed E-state index contributed by atoms with van der Waals surface area (Å²) in [7, 11) is -1.98. The predicted octanol–water partition coefficient (Wildman–Crippen LogP) is 2.86. The van der Waals surface area contributed by atoms with Crippen molar-refractivity contribution in [1.82, 2.24) is 15.6 Å². The van der Waals surface area contributed by atoms with E-state index in [1.807, 2.05) is 18.2 Å². The highest BCUT2D eigenvalue weighted by atomic mass is 35.5. The smallest absolute Gasteiger partial charge is 0.252 e. The number of halogens is 1. The molecular weight excluding hydrogens is 478 g/mol. The van der Waals surface area contributed by atoms with Gasteiger partial charge in [-0.05, 0) is 54.8 Å². The van der Waals surface area contributed by atoms with Crippen molar-refractivity contribution in [2.45, 2.75) is 33.4 Å². The second-order valence-corrected chi connectivity index (χ2v) is 10.1. The van der Waals surface area contributed by atoms with Crippen LogP contribution in [0.5, 0.6) is 11.5 Å². The maximum absolute atomic E-state index is 12.4. The number of ether oxygens (including phenoxy) is 2. The van der Waals surface area contributed by atoms with Crippen molar-refractivity contribution < 1.29 is 22.7 Å². The Balaban J connectivity index is 1.91. The van der Waals surface area contributed by atoms with E-state index in [2.05, 4.69) is 27.4 Å². The molecule has 3 N–H and O–H groups in total. The Morgan fingerprint density at radius 1 is 1.12 bits per heavy atom. The summed E-state index contributed by atoms with van der Waals surface area (Å²) in [6, 6.07) is 11.7. The van der Waals surface area contributed by atoms with Crippen LogP contribution in [0.3, 0.4) is 0 Å². The van der Waals surface area contributed by atoms with Gasteiger partial charge in [-0.15, -0.1) is 0 Å². The summed E-state index contributed by atoms with van der Waals surface area (Å²) in [5.41, 5.74) is 7.05. The molecule has 0 aromatic heterocycles. The van der Waals surface area contributed by atoms with Gasteiger partial charge in [0.1, 0.15) is 12.6 Å². The van der Waals surface area contributed by atoms with Crippen LogP contribution in [0.2, 0.25) is 5.02 Å². The Labute approximate surface area is 206 Å². The van der Waals surface area contributed by atoms with Crippen LogP contribution in [0.4, 0.5) is 0 Å². The number of rotatable bonds is 11. The molecule has 1 amide bonds. The highest BCUT2D eigenvalue weighted by Gasteiger charge is 2.26. The summed E-state index contributed by atoms with van der Waals surface area (Å²) >= 11 is 5.86. The number of methoxy groups -OCH3 is 1. The van der Waals surface area contributed by atoms with Crippen LogP contribution >= 0.6 is 11.6 Å². The Kier molecular flexibility index (Phi) is 10.7. The van der Waals surface area contributed by atoms with E-state index < -0.39 is 22.0 Å². The first kappa shape index (κ1) is 27.5. The van der Waals surface area contributed by atoms with Gasteiger partial charge in [0.15, 0.2) is 11.5 Å². The first-order valence-electron chi connectivity index (χ1n) is 10.7. The molecule has 34 heavy (non-hydrogen) atoms. The number of hydrogen-bond acceptors (Lipinski definition) is 6. The molecule has 8 nitrogen and oxygen atoms in total. The molecule has 0 bridgehead atoms. The summed E-state index contributed by atoms with van der Waals surface area (Å²) in [5.74, 6) is 6.22. The maximum atomic E-state index is 12.4. The summed E-state index contributed by atoms with van der Waals surface area (Å²) in [6.07, 6.45) is 0. The Bertz CT molecular complexity index is 1130. The molecule has 0 aliphatic carbocycles. The van der Waals surface area contributed by atoms with E-state index in [0.29, 0.717) is 23.1 Å². The molecule has 1 atom stereocenters. The third-order valence-corrected chi connectivity index (χ3v) is 6.37. The molecule has 2 rings (SSSR count). The molecule has 2 aromatic carbocycles. The normalized spacial score (nSPS) is 11.9. The molecule has 0 saturated heterocycles. The number of carbonyl (C=O) groups is 1. The Hall–Kier alpha value is -2.77. The monoisotopic (exact) mass is 507 g/mol. The van der Waals surface area contributed by atoms with Gasteiger partial charge in [0.25, 0.3) is 5.91 Å². The zero-order valence-corrected chi connectivity index (χ0v) is 21.2. The molecule has 0 aliphatic heterocycles. The largest absolute Gasteiger partial charge is 0.493 e. The molecular formula is C24H30ClN3O5S. The van der Waals surface area contributed by atoms with Crippen LogP contribution in [-0.2, 0) is 21.4 Å². The zero-order valence-electron chi connectivity index (χ0n) is 19.6. The lowest BCUT2D eigenvalue weighted by Crippen LogP contribution is -2.53. The molecule has 0 heterocycles. The van der Waals surface area contributed by atoms with Crippen molar-refractivity contribution in [1.29, 1.82) is 0 Å². The topological polar surface area (TPSA) is 106 Å². The fraction of sp³-hybridized carbons (Fsp3) is 0.375. The van der Waals surface area contributed by atoms with Crippen LogP contribution in [-0.4, -0.2) is 39.8 Å². The third-order valence-electron chi connectivity index (χ3n) is 4.74. The standard InChI is InChI=1S/C24H30ClN3O5S/c1-5-34(30,31)28-23(17(2)3)24(29)27-26-16-19-10-13-21(22(15-19)32-4)33-14-6-7-18-8-11-20(25)12-9-18/h8-13,15,17,23,26,28H,5,14,16H2,1-4H3,(H,27,29)/t23-/m0/s1. The SMILES string of the molecule is CCS(=O)(=O)N[C@H](C(=O)NNCc1ccc(OCC#Cc2ccc(Cl)cc2)c(OC)c1)C(C)C. The molecule has 0 radical (unpaired) electrons. The number of benzene rings is 2. The van der Waals surface area contributed by atoms with Crippen molar-refractivity contribution in [3.05, 3.63) is 58.6 Å². The van der Waals surface area contributed by atoms with Gasteiger partial charge in [0, 0.05) is 17.1 Å². The number of nitrogens with one attached hydrogen (secondary N) is 3. The van der Waals surface area contributed by atoms with Gasteiger partial charge in [-0.1, -0.05) is 43.4 Å². The molecule has 0 spiro atoms. The second kappa shape index (κ2) is 13.2. The maximum Gasteiger partial charge on any atom is 0.252 e. The zero-order chi connectivity index (χ0) is 25.1. The van der Waals surface area contributed by atoms with Gasteiger partial charge in [-0.3, -0.25) is 10.2 Å². The van der Waals surface area contributed by atoms with Crippen LogP contribution in [0.1, 0.15) is 31.9 Å². The second-order valence-electron chi connectivity index (χ2n) is 7.67. The summed E-state index contributed by atoms with van der Waals surface area (Å²) < 4.78 is 37.2. The van der Waals surface area contributed by atoms with Crippen molar-refractivity contribution in [2.24, 2.45) is 5.92 Å². The average molecular weight is 508 g/mol. The molecule has 0 aliphatic rings. The molecule has 2 aromatic rings.